The van der Waals surface area contributed by atoms with Gasteiger partial charge in [0.1, 0.15) is 29.8 Å². The Bertz CT molecular complexity index is 488. The average Bonchev–Trinajstić information content (AvgIpc) is 2.51. The highest BCUT2D eigenvalue weighted by molar-refractivity contribution is 5.84. The number of phenolic OH excluding ortho intramolecular Hbond substituents is 2. The highest BCUT2D eigenvalue weighted by Gasteiger charge is 2.32. The lowest BCUT2D eigenvalue weighted by Gasteiger charge is -2.25. The Hall–Kier alpha value is -1.71. The van der Waals surface area contributed by atoms with Crippen LogP contribution in [0.5, 0.6) is 11.5 Å². The van der Waals surface area contributed by atoms with Gasteiger partial charge in [0.25, 0.3) is 0 Å². The number of aliphatic hydroxyl groups is 4. The van der Waals surface area contributed by atoms with Crippen LogP contribution in [0.15, 0.2) is 18.2 Å². The van der Waals surface area contributed by atoms with Gasteiger partial charge in [-0.05, 0) is 18.6 Å². The first-order valence-corrected chi connectivity index (χ1v) is 6.72. The first kappa shape index (κ1) is 18.3. The molecule has 0 saturated carbocycles. The molecule has 0 heterocycles. The molecule has 0 bridgehead atoms. The molecule has 0 fully saturated rings. The van der Waals surface area contributed by atoms with E-state index in [0.717, 1.165) is 0 Å². The van der Waals surface area contributed by atoms with Crippen molar-refractivity contribution in [2.45, 2.75) is 37.2 Å². The molecule has 8 N–H and O–H groups in total. The zero-order valence-electron chi connectivity index (χ0n) is 11.8. The van der Waals surface area contributed by atoms with Crippen LogP contribution in [-0.4, -0.2) is 67.4 Å². The third-order valence-corrected chi connectivity index (χ3v) is 3.42. The van der Waals surface area contributed by atoms with Gasteiger partial charge in [0.05, 0.1) is 12.6 Å². The Morgan fingerprint density at radius 2 is 1.64 bits per heavy atom. The lowest BCUT2D eigenvalue weighted by molar-refractivity contribution is -0.129. The summed E-state index contributed by atoms with van der Waals surface area (Å²) in [7, 11) is 0. The van der Waals surface area contributed by atoms with Crippen LogP contribution >= 0.6 is 0 Å². The Balaban J connectivity index is 2.65. The molecule has 0 amide bonds. The van der Waals surface area contributed by atoms with Crippen LogP contribution in [0.3, 0.4) is 0 Å². The second kappa shape index (κ2) is 8.06. The first-order chi connectivity index (χ1) is 10.3. The number of phenols is 2. The molecule has 8 nitrogen and oxygen atoms in total. The van der Waals surface area contributed by atoms with Crippen LogP contribution in [0.1, 0.15) is 12.0 Å². The summed E-state index contributed by atoms with van der Waals surface area (Å²) < 4.78 is 0. The Labute approximate surface area is 127 Å². The topological polar surface area (TPSA) is 164 Å². The highest BCUT2D eigenvalue weighted by atomic mass is 16.4. The van der Waals surface area contributed by atoms with Crippen molar-refractivity contribution in [3.63, 3.8) is 0 Å². The molecule has 0 aliphatic carbocycles. The predicted octanol–water partition coefficient (Wildman–Crippen LogP) is -2.00. The third kappa shape index (κ3) is 4.39. The molecule has 0 saturated heterocycles. The number of hydrogen-bond donors (Lipinski definition) is 7. The van der Waals surface area contributed by atoms with Crippen LogP contribution in [0.25, 0.3) is 0 Å². The van der Waals surface area contributed by atoms with Crippen molar-refractivity contribution in [1.82, 2.24) is 0 Å². The maximum atomic E-state index is 11.9. The Morgan fingerprint density at radius 3 is 2.14 bits per heavy atom. The van der Waals surface area contributed by atoms with E-state index in [4.69, 9.17) is 10.8 Å². The van der Waals surface area contributed by atoms with E-state index in [0.29, 0.717) is 0 Å². The van der Waals surface area contributed by atoms with Crippen molar-refractivity contribution in [3.05, 3.63) is 23.8 Å². The smallest absolute Gasteiger partial charge is 0.152 e. The highest BCUT2D eigenvalue weighted by Crippen LogP contribution is 2.27. The van der Waals surface area contributed by atoms with Gasteiger partial charge < -0.3 is 36.4 Å². The summed E-state index contributed by atoms with van der Waals surface area (Å²) in [5, 5.41) is 56.3. The Morgan fingerprint density at radius 1 is 1.09 bits per heavy atom. The van der Waals surface area contributed by atoms with Gasteiger partial charge >= 0.3 is 0 Å². The van der Waals surface area contributed by atoms with Gasteiger partial charge in [0.2, 0.25) is 0 Å². The van der Waals surface area contributed by atoms with Crippen molar-refractivity contribution in [1.29, 1.82) is 0 Å². The maximum Gasteiger partial charge on any atom is 0.152 e. The summed E-state index contributed by atoms with van der Waals surface area (Å²) in [4.78, 5) is 11.9. The molecule has 8 heteroatoms. The van der Waals surface area contributed by atoms with E-state index in [1.807, 2.05) is 0 Å². The lowest BCUT2D eigenvalue weighted by atomic mass is 9.95. The van der Waals surface area contributed by atoms with Crippen LogP contribution in [0.4, 0.5) is 0 Å². The molecule has 0 aliphatic rings. The SMILES string of the molecule is N[C@@H](C(=O)CCc1c(O)cccc1O)[C@@H](O)[C@H](O)[C@H](O)CO. The van der Waals surface area contributed by atoms with Crippen LogP contribution in [-0.2, 0) is 11.2 Å². The summed E-state index contributed by atoms with van der Waals surface area (Å²) in [6, 6.07) is 2.69. The molecule has 0 aliphatic heterocycles. The summed E-state index contributed by atoms with van der Waals surface area (Å²) in [5.41, 5.74) is 5.69. The van der Waals surface area contributed by atoms with Gasteiger partial charge in [0, 0.05) is 12.0 Å². The molecule has 1 aromatic carbocycles. The normalized spacial score (nSPS) is 16.8. The summed E-state index contributed by atoms with van der Waals surface area (Å²) >= 11 is 0. The first-order valence-electron chi connectivity index (χ1n) is 6.72. The second-order valence-corrected chi connectivity index (χ2v) is 5.00. The number of rotatable bonds is 8. The van der Waals surface area contributed by atoms with Crippen molar-refractivity contribution in [2.24, 2.45) is 5.73 Å². The number of Topliss-reactive ketones (excluding diaryl/α,β-unsaturated/α-hetero) is 1. The zero-order valence-corrected chi connectivity index (χ0v) is 11.8. The van der Waals surface area contributed by atoms with Crippen LogP contribution in [0.2, 0.25) is 0 Å². The van der Waals surface area contributed by atoms with Gasteiger partial charge in [-0.15, -0.1) is 0 Å². The number of carbonyl (C=O) groups is 1. The molecule has 0 unspecified atom stereocenters. The van der Waals surface area contributed by atoms with E-state index in [1.54, 1.807) is 0 Å². The van der Waals surface area contributed by atoms with E-state index >= 15 is 0 Å². The van der Waals surface area contributed by atoms with E-state index in [2.05, 4.69) is 0 Å². The number of benzene rings is 1. The molecule has 0 radical (unpaired) electrons. The zero-order chi connectivity index (χ0) is 16.9. The number of carbonyl (C=O) groups excluding carboxylic acids is 1. The van der Waals surface area contributed by atoms with Gasteiger partial charge in [-0.25, -0.2) is 0 Å². The van der Waals surface area contributed by atoms with E-state index in [1.165, 1.54) is 18.2 Å². The molecule has 1 aromatic rings. The van der Waals surface area contributed by atoms with Gasteiger partial charge in [0.15, 0.2) is 5.78 Å². The molecule has 1 rings (SSSR count). The van der Waals surface area contributed by atoms with Crippen molar-refractivity contribution in [3.8, 4) is 11.5 Å². The van der Waals surface area contributed by atoms with Crippen LogP contribution in [0, 0.1) is 0 Å². The second-order valence-electron chi connectivity index (χ2n) is 5.00. The average molecular weight is 315 g/mol. The minimum Gasteiger partial charge on any atom is -0.508 e. The molecular formula is C14H21NO7. The summed E-state index contributed by atoms with van der Waals surface area (Å²) in [6.07, 6.45) is -5.31. The fourth-order valence-electron chi connectivity index (χ4n) is 1.97. The molecule has 4 atom stereocenters. The molecule has 0 spiro atoms. The van der Waals surface area contributed by atoms with Gasteiger partial charge in [-0.1, -0.05) is 6.07 Å². The quantitative estimate of drug-likeness (QED) is 0.289. The maximum absolute atomic E-state index is 11.9. The van der Waals surface area contributed by atoms with Gasteiger partial charge in [-0.3, -0.25) is 4.79 Å². The van der Waals surface area contributed by atoms with Crippen molar-refractivity contribution < 1.29 is 35.4 Å². The third-order valence-electron chi connectivity index (χ3n) is 3.42. The standard InChI is InChI=1S/C14H21NO7/c15-12(14(22)13(21)11(20)6-16)10(19)5-4-7-8(17)2-1-3-9(7)18/h1-3,11-14,16-18,20-22H,4-6,15H2/t11-,12+,13-,14-/m1/s1. The number of aromatic hydroxyl groups is 2. The molecular weight excluding hydrogens is 294 g/mol. The largest absolute Gasteiger partial charge is 0.508 e. The van der Waals surface area contributed by atoms with E-state index in [9.17, 15) is 30.3 Å². The van der Waals surface area contributed by atoms with E-state index in [-0.39, 0.29) is 29.9 Å². The number of hydrogen-bond acceptors (Lipinski definition) is 8. The Kier molecular flexibility index (Phi) is 6.72. The number of ketones is 1. The monoisotopic (exact) mass is 315 g/mol. The molecule has 124 valence electrons. The fourth-order valence-corrected chi connectivity index (χ4v) is 1.97. The lowest BCUT2D eigenvalue weighted by Crippen LogP contribution is -2.52. The van der Waals surface area contributed by atoms with Gasteiger partial charge in [-0.2, -0.15) is 0 Å². The number of nitrogens with two attached hydrogens (primary N) is 1. The minimum atomic E-state index is -1.76. The summed E-state index contributed by atoms with van der Waals surface area (Å²) in [6.45, 7) is -0.787. The summed E-state index contributed by atoms with van der Waals surface area (Å²) in [5.74, 6) is -0.963. The van der Waals surface area contributed by atoms with Crippen LogP contribution < -0.4 is 5.73 Å². The van der Waals surface area contributed by atoms with Crippen molar-refractivity contribution in [2.75, 3.05) is 6.61 Å². The molecule has 22 heavy (non-hydrogen) atoms. The predicted molar refractivity (Wildman–Crippen MR) is 76.2 cm³/mol. The molecule has 0 aromatic heterocycles. The fraction of sp³-hybridized carbons (Fsp3) is 0.500. The van der Waals surface area contributed by atoms with Crippen molar-refractivity contribution >= 4 is 5.78 Å². The number of aliphatic hydroxyl groups excluding tert-OH is 4. The van der Waals surface area contributed by atoms with E-state index < -0.39 is 36.7 Å². The minimum absolute atomic E-state index is 0.00356.